The molecule has 0 spiro atoms. The van der Waals surface area contributed by atoms with E-state index in [2.05, 4.69) is 31.3 Å². The molecule has 0 saturated heterocycles. The molecule has 0 atom stereocenters. The Hall–Kier alpha value is -3.12. The lowest BCUT2D eigenvalue weighted by atomic mass is 10.1. The van der Waals surface area contributed by atoms with Crippen LogP contribution in [-0.2, 0) is 13.0 Å². The Morgan fingerprint density at radius 1 is 1.04 bits per heavy atom. The second-order valence-corrected chi connectivity index (χ2v) is 6.59. The van der Waals surface area contributed by atoms with Gasteiger partial charge in [-0.15, -0.1) is 0 Å². The van der Waals surface area contributed by atoms with Crippen LogP contribution in [0, 0.1) is 0 Å². The van der Waals surface area contributed by atoms with Crippen molar-refractivity contribution in [3.05, 3.63) is 76.8 Å². The average molecular weight is 380 g/mol. The van der Waals surface area contributed by atoms with Gasteiger partial charge in [0.2, 0.25) is 5.88 Å². The highest BCUT2D eigenvalue weighted by Crippen LogP contribution is 2.22. The SMILES string of the molecule is COc1ccc(CNc2ccc(Cc3c[nH]c4ncc(Cl)cc34)cn2)cn1. The van der Waals surface area contributed by atoms with Gasteiger partial charge in [0.1, 0.15) is 11.5 Å². The van der Waals surface area contributed by atoms with E-state index in [1.54, 1.807) is 19.5 Å². The van der Waals surface area contributed by atoms with E-state index in [4.69, 9.17) is 16.3 Å². The number of hydrogen-bond donors (Lipinski definition) is 2. The summed E-state index contributed by atoms with van der Waals surface area (Å²) in [4.78, 5) is 16.2. The first-order valence-corrected chi connectivity index (χ1v) is 8.88. The molecular formula is C20H18ClN5O. The number of aromatic amines is 1. The van der Waals surface area contributed by atoms with E-state index >= 15 is 0 Å². The molecule has 136 valence electrons. The smallest absolute Gasteiger partial charge is 0.212 e. The molecule has 4 aromatic heterocycles. The summed E-state index contributed by atoms with van der Waals surface area (Å²) in [7, 11) is 1.60. The average Bonchev–Trinajstić information content (AvgIpc) is 3.10. The predicted molar refractivity (Wildman–Crippen MR) is 106 cm³/mol. The molecule has 6 nitrogen and oxygen atoms in total. The largest absolute Gasteiger partial charge is 0.481 e. The first-order valence-electron chi connectivity index (χ1n) is 8.50. The van der Waals surface area contributed by atoms with Crippen molar-refractivity contribution in [1.29, 1.82) is 0 Å². The minimum absolute atomic E-state index is 0.606. The zero-order valence-corrected chi connectivity index (χ0v) is 15.5. The fraction of sp³-hybridized carbons (Fsp3) is 0.150. The molecule has 0 amide bonds. The fourth-order valence-electron chi connectivity index (χ4n) is 2.86. The Bertz CT molecular complexity index is 1040. The normalized spacial score (nSPS) is 10.9. The van der Waals surface area contributed by atoms with Crippen molar-refractivity contribution in [3.63, 3.8) is 0 Å². The summed E-state index contributed by atoms with van der Waals surface area (Å²) >= 11 is 6.07. The molecule has 27 heavy (non-hydrogen) atoms. The van der Waals surface area contributed by atoms with Gasteiger partial charge in [-0.05, 0) is 28.8 Å². The van der Waals surface area contributed by atoms with E-state index < -0.39 is 0 Å². The van der Waals surface area contributed by atoms with E-state index in [1.807, 2.05) is 36.7 Å². The van der Waals surface area contributed by atoms with Crippen LogP contribution >= 0.6 is 11.6 Å². The number of ether oxygens (including phenoxy) is 1. The Kier molecular flexibility index (Phi) is 4.89. The van der Waals surface area contributed by atoms with Gasteiger partial charge < -0.3 is 15.0 Å². The number of aromatic nitrogens is 4. The molecule has 4 heterocycles. The minimum atomic E-state index is 0.606. The van der Waals surface area contributed by atoms with Crippen molar-refractivity contribution in [1.82, 2.24) is 19.9 Å². The lowest BCUT2D eigenvalue weighted by Gasteiger charge is -2.07. The summed E-state index contributed by atoms with van der Waals surface area (Å²) in [6.07, 6.45) is 8.04. The van der Waals surface area contributed by atoms with Crippen LogP contribution in [0.1, 0.15) is 16.7 Å². The van der Waals surface area contributed by atoms with Gasteiger partial charge in [0, 0.05) is 49.2 Å². The van der Waals surface area contributed by atoms with Crippen LogP contribution in [0.4, 0.5) is 5.82 Å². The van der Waals surface area contributed by atoms with Crippen molar-refractivity contribution in [2.45, 2.75) is 13.0 Å². The quantitative estimate of drug-likeness (QED) is 0.524. The van der Waals surface area contributed by atoms with E-state index in [0.29, 0.717) is 17.4 Å². The maximum Gasteiger partial charge on any atom is 0.212 e. The van der Waals surface area contributed by atoms with Crippen molar-refractivity contribution < 1.29 is 4.74 Å². The zero-order valence-electron chi connectivity index (χ0n) is 14.7. The van der Waals surface area contributed by atoms with Gasteiger partial charge in [0.05, 0.1) is 12.1 Å². The van der Waals surface area contributed by atoms with Gasteiger partial charge in [-0.2, -0.15) is 0 Å². The molecule has 7 heteroatoms. The summed E-state index contributed by atoms with van der Waals surface area (Å²) in [6.45, 7) is 0.649. The predicted octanol–water partition coefficient (Wildman–Crippen LogP) is 4.22. The number of hydrogen-bond acceptors (Lipinski definition) is 5. The molecule has 0 bridgehead atoms. The molecule has 0 saturated carbocycles. The number of halogens is 1. The van der Waals surface area contributed by atoms with Gasteiger partial charge in [0.15, 0.2) is 0 Å². The molecule has 0 radical (unpaired) electrons. The van der Waals surface area contributed by atoms with Crippen LogP contribution in [0.5, 0.6) is 5.88 Å². The third-order valence-electron chi connectivity index (χ3n) is 4.28. The van der Waals surface area contributed by atoms with Crippen LogP contribution in [0.3, 0.4) is 0 Å². The summed E-state index contributed by atoms with van der Waals surface area (Å²) in [6, 6.07) is 9.80. The minimum Gasteiger partial charge on any atom is -0.481 e. The van der Waals surface area contributed by atoms with Gasteiger partial charge >= 0.3 is 0 Å². The highest BCUT2D eigenvalue weighted by Gasteiger charge is 2.07. The molecule has 4 aromatic rings. The molecule has 0 unspecified atom stereocenters. The third-order valence-corrected chi connectivity index (χ3v) is 4.49. The van der Waals surface area contributed by atoms with Gasteiger partial charge in [-0.3, -0.25) is 0 Å². The maximum atomic E-state index is 6.07. The fourth-order valence-corrected chi connectivity index (χ4v) is 3.02. The third kappa shape index (κ3) is 4.01. The summed E-state index contributed by atoms with van der Waals surface area (Å²) < 4.78 is 5.06. The van der Waals surface area contributed by atoms with Crippen LogP contribution in [-0.4, -0.2) is 27.0 Å². The monoisotopic (exact) mass is 379 g/mol. The number of H-pyrrole nitrogens is 1. The van der Waals surface area contributed by atoms with Crippen molar-refractivity contribution in [3.8, 4) is 5.88 Å². The number of nitrogens with one attached hydrogen (secondary N) is 2. The second-order valence-electron chi connectivity index (χ2n) is 6.15. The van der Waals surface area contributed by atoms with Crippen LogP contribution < -0.4 is 10.1 Å². The van der Waals surface area contributed by atoms with Gasteiger partial charge in [-0.1, -0.05) is 23.7 Å². The van der Waals surface area contributed by atoms with Crippen LogP contribution in [0.15, 0.2) is 55.1 Å². The first kappa shape index (κ1) is 17.3. The van der Waals surface area contributed by atoms with Gasteiger partial charge in [-0.25, -0.2) is 15.0 Å². The van der Waals surface area contributed by atoms with Crippen molar-refractivity contribution >= 4 is 28.5 Å². The standard InChI is InChI=1S/C20H18ClN5O/c1-27-19-5-3-14(10-24-19)9-23-18-4-2-13(8-22-18)6-15-11-25-20-17(15)7-16(21)12-26-20/h2-5,7-8,10-12H,6,9H2,1H3,(H,22,23)(H,25,26). The maximum absolute atomic E-state index is 6.07. The van der Waals surface area contributed by atoms with E-state index in [0.717, 1.165) is 40.0 Å². The first-order chi connectivity index (χ1) is 13.2. The molecule has 4 rings (SSSR count). The molecule has 0 aromatic carbocycles. The molecule has 0 aliphatic rings. The van der Waals surface area contributed by atoms with Crippen LogP contribution in [0.2, 0.25) is 5.02 Å². The Labute approximate surface area is 161 Å². The molecule has 2 N–H and O–H groups in total. The molecule has 0 fully saturated rings. The molecule has 0 aliphatic carbocycles. The van der Waals surface area contributed by atoms with Crippen LogP contribution in [0.25, 0.3) is 11.0 Å². The van der Waals surface area contributed by atoms with E-state index in [1.165, 1.54) is 0 Å². The number of methoxy groups -OCH3 is 1. The number of nitrogens with zero attached hydrogens (tertiary/aromatic N) is 3. The lowest BCUT2D eigenvalue weighted by molar-refractivity contribution is 0.397. The highest BCUT2D eigenvalue weighted by atomic mass is 35.5. The molecular weight excluding hydrogens is 362 g/mol. The molecule has 0 aliphatic heterocycles. The lowest BCUT2D eigenvalue weighted by Crippen LogP contribution is -2.02. The Balaban J connectivity index is 1.41. The van der Waals surface area contributed by atoms with Crippen molar-refractivity contribution in [2.24, 2.45) is 0 Å². The van der Waals surface area contributed by atoms with E-state index in [9.17, 15) is 0 Å². The number of rotatable bonds is 6. The summed E-state index contributed by atoms with van der Waals surface area (Å²) in [5, 5.41) is 4.97. The number of anilines is 1. The highest BCUT2D eigenvalue weighted by molar-refractivity contribution is 6.31. The Morgan fingerprint density at radius 2 is 1.89 bits per heavy atom. The number of pyridine rings is 3. The Morgan fingerprint density at radius 3 is 2.63 bits per heavy atom. The zero-order chi connectivity index (χ0) is 18.6. The van der Waals surface area contributed by atoms with Gasteiger partial charge in [0.25, 0.3) is 0 Å². The second kappa shape index (κ2) is 7.63. The summed E-state index contributed by atoms with van der Waals surface area (Å²) in [5.41, 5.74) is 4.16. The number of fused-ring (bicyclic) bond motifs is 1. The van der Waals surface area contributed by atoms with Crippen molar-refractivity contribution in [2.75, 3.05) is 12.4 Å². The van der Waals surface area contributed by atoms with E-state index in [-0.39, 0.29) is 0 Å². The summed E-state index contributed by atoms with van der Waals surface area (Å²) in [5.74, 6) is 1.42. The topological polar surface area (TPSA) is 75.7 Å².